The van der Waals surface area contributed by atoms with Crippen molar-refractivity contribution in [1.82, 2.24) is 9.97 Å². The van der Waals surface area contributed by atoms with E-state index in [9.17, 15) is 0 Å². The third-order valence-electron chi connectivity index (χ3n) is 2.21. The van der Waals surface area contributed by atoms with Crippen molar-refractivity contribution in [3.05, 3.63) is 47.0 Å². The number of aromatic nitrogens is 2. The highest BCUT2D eigenvalue weighted by atomic mass is 35.5. The van der Waals surface area contributed by atoms with Crippen LogP contribution in [0, 0.1) is 0 Å². The SMILES string of the molecule is OCc1ccc(Cl)c(NCc2ncc[nH]2)c1. The normalized spacial score (nSPS) is 10.4. The average Bonchev–Trinajstić information content (AvgIpc) is 2.81. The number of rotatable bonds is 4. The Morgan fingerprint density at radius 2 is 2.31 bits per heavy atom. The third-order valence-corrected chi connectivity index (χ3v) is 2.54. The highest BCUT2D eigenvalue weighted by Crippen LogP contribution is 2.23. The largest absolute Gasteiger partial charge is 0.392 e. The van der Waals surface area contributed by atoms with Crippen LogP contribution in [0.25, 0.3) is 0 Å². The Kier molecular flexibility index (Phi) is 3.44. The summed E-state index contributed by atoms with van der Waals surface area (Å²) in [4.78, 5) is 7.08. The number of halogens is 1. The highest BCUT2D eigenvalue weighted by molar-refractivity contribution is 6.33. The van der Waals surface area contributed by atoms with E-state index in [4.69, 9.17) is 16.7 Å². The van der Waals surface area contributed by atoms with Gasteiger partial charge in [0.15, 0.2) is 0 Å². The predicted molar refractivity (Wildman–Crippen MR) is 63.3 cm³/mol. The Bertz CT molecular complexity index is 456. The molecule has 4 nitrogen and oxygen atoms in total. The molecule has 0 fully saturated rings. The molecule has 0 aliphatic rings. The Hall–Kier alpha value is -1.52. The van der Waals surface area contributed by atoms with E-state index >= 15 is 0 Å². The molecule has 1 aromatic carbocycles. The van der Waals surface area contributed by atoms with E-state index in [2.05, 4.69) is 15.3 Å². The maximum absolute atomic E-state index is 9.02. The molecule has 1 aromatic heterocycles. The van der Waals surface area contributed by atoms with Gasteiger partial charge in [0.25, 0.3) is 0 Å². The zero-order chi connectivity index (χ0) is 11.4. The Morgan fingerprint density at radius 1 is 1.44 bits per heavy atom. The number of aromatic amines is 1. The minimum atomic E-state index is 0.00655. The summed E-state index contributed by atoms with van der Waals surface area (Å²) >= 11 is 6.02. The molecule has 2 rings (SSSR count). The predicted octanol–water partition coefficient (Wildman–Crippen LogP) is 2.17. The topological polar surface area (TPSA) is 60.9 Å². The second-order valence-corrected chi connectivity index (χ2v) is 3.77. The Morgan fingerprint density at radius 3 is 3.00 bits per heavy atom. The van der Waals surface area contributed by atoms with Crippen molar-refractivity contribution >= 4 is 17.3 Å². The third kappa shape index (κ3) is 2.53. The second kappa shape index (κ2) is 5.01. The van der Waals surface area contributed by atoms with Crippen molar-refractivity contribution in [2.24, 2.45) is 0 Å². The number of nitrogens with one attached hydrogen (secondary N) is 2. The molecule has 0 aliphatic heterocycles. The van der Waals surface area contributed by atoms with Crippen LogP contribution in [0.5, 0.6) is 0 Å². The first kappa shape index (κ1) is 11.0. The molecule has 3 N–H and O–H groups in total. The van der Waals surface area contributed by atoms with Crippen LogP contribution in [-0.4, -0.2) is 15.1 Å². The summed E-state index contributed by atoms with van der Waals surface area (Å²) in [7, 11) is 0. The van der Waals surface area contributed by atoms with Gasteiger partial charge >= 0.3 is 0 Å². The lowest BCUT2D eigenvalue weighted by molar-refractivity contribution is 0.282. The lowest BCUT2D eigenvalue weighted by Gasteiger charge is -2.08. The van der Waals surface area contributed by atoms with E-state index in [0.29, 0.717) is 11.6 Å². The number of hydrogen-bond acceptors (Lipinski definition) is 3. The molecule has 2 aromatic rings. The zero-order valence-electron chi connectivity index (χ0n) is 8.57. The number of hydrogen-bond donors (Lipinski definition) is 3. The van der Waals surface area contributed by atoms with Crippen molar-refractivity contribution in [3.63, 3.8) is 0 Å². The van der Waals surface area contributed by atoms with E-state index in [1.165, 1.54) is 0 Å². The first-order valence-corrected chi connectivity index (χ1v) is 5.29. The number of nitrogens with zero attached hydrogens (tertiary/aromatic N) is 1. The summed E-state index contributed by atoms with van der Waals surface area (Å²) in [5.74, 6) is 0.838. The van der Waals surface area contributed by atoms with Gasteiger partial charge in [0, 0.05) is 12.4 Å². The van der Waals surface area contributed by atoms with Crippen LogP contribution in [0.3, 0.4) is 0 Å². The van der Waals surface area contributed by atoms with Gasteiger partial charge in [-0.2, -0.15) is 0 Å². The van der Waals surface area contributed by atoms with Gasteiger partial charge in [-0.3, -0.25) is 0 Å². The van der Waals surface area contributed by atoms with Crippen LogP contribution in [0.2, 0.25) is 5.02 Å². The molecule has 5 heteroatoms. The fourth-order valence-corrected chi connectivity index (χ4v) is 1.56. The minimum Gasteiger partial charge on any atom is -0.392 e. The molecule has 0 bridgehead atoms. The van der Waals surface area contributed by atoms with Crippen molar-refractivity contribution in [3.8, 4) is 0 Å². The Balaban J connectivity index is 2.08. The molecule has 0 atom stereocenters. The summed E-state index contributed by atoms with van der Waals surface area (Å²) in [5, 5.41) is 12.8. The van der Waals surface area contributed by atoms with Gasteiger partial charge < -0.3 is 15.4 Å². The van der Waals surface area contributed by atoms with E-state index in [1.54, 1.807) is 24.5 Å². The van der Waals surface area contributed by atoms with E-state index in [0.717, 1.165) is 17.1 Å². The van der Waals surface area contributed by atoms with Crippen LogP contribution in [-0.2, 0) is 13.2 Å². The lowest BCUT2D eigenvalue weighted by Crippen LogP contribution is -2.02. The van der Waals surface area contributed by atoms with Gasteiger partial charge in [-0.05, 0) is 17.7 Å². The molecular formula is C11H12ClN3O. The van der Waals surface area contributed by atoms with Gasteiger partial charge in [-0.1, -0.05) is 17.7 Å². The smallest absolute Gasteiger partial charge is 0.125 e. The standard InChI is InChI=1S/C11H12ClN3O/c12-9-2-1-8(7-16)5-10(9)15-6-11-13-3-4-14-11/h1-5,15-16H,6-7H2,(H,13,14). The van der Waals surface area contributed by atoms with Gasteiger partial charge in [0.2, 0.25) is 0 Å². The monoisotopic (exact) mass is 237 g/mol. The number of benzene rings is 1. The molecule has 0 radical (unpaired) electrons. The molecule has 0 saturated heterocycles. The van der Waals surface area contributed by atoms with Crippen LogP contribution in [0.1, 0.15) is 11.4 Å². The number of imidazole rings is 1. The molecule has 0 unspecified atom stereocenters. The van der Waals surface area contributed by atoms with Crippen LogP contribution >= 0.6 is 11.6 Å². The van der Waals surface area contributed by atoms with Crippen molar-refractivity contribution < 1.29 is 5.11 Å². The molecule has 0 spiro atoms. The van der Waals surface area contributed by atoms with Gasteiger partial charge in [0.1, 0.15) is 5.82 Å². The number of aliphatic hydroxyl groups excluding tert-OH is 1. The fraction of sp³-hybridized carbons (Fsp3) is 0.182. The minimum absolute atomic E-state index is 0.00655. The molecule has 0 amide bonds. The van der Waals surface area contributed by atoms with Gasteiger partial charge in [0.05, 0.1) is 23.9 Å². The van der Waals surface area contributed by atoms with E-state index in [-0.39, 0.29) is 6.61 Å². The van der Waals surface area contributed by atoms with Crippen LogP contribution < -0.4 is 5.32 Å². The van der Waals surface area contributed by atoms with Gasteiger partial charge in [-0.15, -0.1) is 0 Å². The fourth-order valence-electron chi connectivity index (χ4n) is 1.38. The average molecular weight is 238 g/mol. The molecule has 16 heavy (non-hydrogen) atoms. The van der Waals surface area contributed by atoms with Crippen LogP contribution in [0.15, 0.2) is 30.6 Å². The number of aliphatic hydroxyl groups is 1. The zero-order valence-corrected chi connectivity index (χ0v) is 9.33. The summed E-state index contributed by atoms with van der Waals surface area (Å²) in [6.07, 6.45) is 3.46. The maximum atomic E-state index is 9.02. The summed E-state index contributed by atoms with van der Waals surface area (Å²) < 4.78 is 0. The molecule has 1 heterocycles. The maximum Gasteiger partial charge on any atom is 0.125 e. The molecule has 0 saturated carbocycles. The van der Waals surface area contributed by atoms with E-state index < -0.39 is 0 Å². The molecule has 0 aliphatic carbocycles. The highest BCUT2D eigenvalue weighted by Gasteiger charge is 2.02. The summed E-state index contributed by atoms with van der Waals surface area (Å²) in [6, 6.07) is 5.38. The van der Waals surface area contributed by atoms with Gasteiger partial charge in [-0.25, -0.2) is 4.98 Å². The van der Waals surface area contributed by atoms with Crippen LogP contribution in [0.4, 0.5) is 5.69 Å². The number of anilines is 1. The molecular weight excluding hydrogens is 226 g/mol. The summed E-state index contributed by atoms with van der Waals surface area (Å²) in [5.41, 5.74) is 1.62. The Labute approximate surface area is 98.3 Å². The first-order valence-electron chi connectivity index (χ1n) is 4.91. The van der Waals surface area contributed by atoms with Crippen molar-refractivity contribution in [2.75, 3.05) is 5.32 Å². The van der Waals surface area contributed by atoms with Crippen molar-refractivity contribution in [2.45, 2.75) is 13.2 Å². The first-order chi connectivity index (χ1) is 7.79. The van der Waals surface area contributed by atoms with E-state index in [1.807, 2.05) is 6.07 Å². The second-order valence-electron chi connectivity index (χ2n) is 3.36. The molecule has 84 valence electrons. The van der Waals surface area contributed by atoms with Crippen molar-refractivity contribution in [1.29, 1.82) is 0 Å². The summed E-state index contributed by atoms with van der Waals surface area (Å²) in [6.45, 7) is 0.578. The quantitative estimate of drug-likeness (QED) is 0.764. The lowest BCUT2D eigenvalue weighted by atomic mass is 10.2. The number of H-pyrrole nitrogens is 1.